The lowest BCUT2D eigenvalue weighted by atomic mass is 9.86. The molecule has 2 amide bonds. The minimum Gasteiger partial charge on any atom is -0.393 e. The van der Waals surface area contributed by atoms with Crippen molar-refractivity contribution in [3.8, 4) is 0 Å². The lowest BCUT2D eigenvalue weighted by Crippen LogP contribution is -2.49. The zero-order valence-corrected chi connectivity index (χ0v) is 14.4. The second-order valence-corrected chi connectivity index (χ2v) is 7.42. The van der Waals surface area contributed by atoms with Crippen molar-refractivity contribution >= 4 is 6.03 Å². The summed E-state index contributed by atoms with van der Waals surface area (Å²) < 4.78 is 0. The fourth-order valence-electron chi connectivity index (χ4n) is 3.88. The molecule has 2 rings (SSSR count). The summed E-state index contributed by atoms with van der Waals surface area (Å²) in [5, 5.41) is 13.2. The predicted molar refractivity (Wildman–Crippen MR) is 88.9 cm³/mol. The number of nitrogens with one attached hydrogen (secondary N) is 1. The molecule has 0 saturated heterocycles. The van der Waals surface area contributed by atoms with Crippen molar-refractivity contribution in [2.24, 2.45) is 5.92 Å². The maximum absolute atomic E-state index is 12.4. The predicted octanol–water partition coefficient (Wildman–Crippen LogP) is 2.05. The molecule has 0 aromatic carbocycles. The van der Waals surface area contributed by atoms with Gasteiger partial charge in [-0.2, -0.15) is 0 Å². The quantitative estimate of drug-likeness (QED) is 0.835. The van der Waals surface area contributed by atoms with Crippen molar-refractivity contribution in [1.29, 1.82) is 0 Å². The summed E-state index contributed by atoms with van der Waals surface area (Å²) in [5.41, 5.74) is 0. The maximum atomic E-state index is 12.4. The molecule has 2 saturated carbocycles. The summed E-state index contributed by atoms with van der Waals surface area (Å²) in [7, 11) is 6.08. The van der Waals surface area contributed by atoms with Gasteiger partial charge < -0.3 is 20.2 Å². The van der Waals surface area contributed by atoms with Gasteiger partial charge in [-0.15, -0.1) is 0 Å². The molecule has 0 aliphatic heterocycles. The van der Waals surface area contributed by atoms with E-state index < -0.39 is 0 Å². The highest BCUT2D eigenvalue weighted by Crippen LogP contribution is 2.25. The van der Waals surface area contributed by atoms with E-state index in [0.717, 1.165) is 32.1 Å². The molecule has 2 aliphatic carbocycles. The molecule has 0 heterocycles. The van der Waals surface area contributed by atoms with Crippen molar-refractivity contribution in [1.82, 2.24) is 15.1 Å². The highest BCUT2D eigenvalue weighted by atomic mass is 16.3. The summed E-state index contributed by atoms with van der Waals surface area (Å²) in [6, 6.07) is 0.874. The van der Waals surface area contributed by atoms with Crippen LogP contribution < -0.4 is 5.32 Å². The minimum absolute atomic E-state index is 0.0159. The SMILES string of the molecule is CN(CC1CCCCC1O)C(=O)NC1CCCC(N(C)C)C1. The van der Waals surface area contributed by atoms with Crippen LogP contribution in [0.25, 0.3) is 0 Å². The number of aliphatic hydroxyl groups excluding tert-OH is 1. The Morgan fingerprint density at radius 1 is 1.09 bits per heavy atom. The first kappa shape index (κ1) is 17.5. The van der Waals surface area contributed by atoms with E-state index in [2.05, 4.69) is 24.3 Å². The molecule has 0 aromatic rings. The zero-order valence-electron chi connectivity index (χ0n) is 14.4. The van der Waals surface area contributed by atoms with Gasteiger partial charge in [-0.25, -0.2) is 4.79 Å². The number of amides is 2. The Morgan fingerprint density at radius 3 is 2.50 bits per heavy atom. The number of aliphatic hydroxyl groups is 1. The first-order chi connectivity index (χ1) is 10.5. The van der Waals surface area contributed by atoms with Gasteiger partial charge in [0.1, 0.15) is 0 Å². The molecule has 2 aliphatic rings. The lowest BCUT2D eigenvalue weighted by molar-refractivity contribution is 0.0560. The second-order valence-electron chi connectivity index (χ2n) is 7.42. The van der Waals surface area contributed by atoms with E-state index in [1.54, 1.807) is 4.90 Å². The molecule has 5 nitrogen and oxygen atoms in total. The number of hydrogen-bond acceptors (Lipinski definition) is 3. The molecule has 0 bridgehead atoms. The molecule has 0 spiro atoms. The van der Waals surface area contributed by atoms with Crippen molar-refractivity contribution < 1.29 is 9.90 Å². The fraction of sp³-hybridized carbons (Fsp3) is 0.941. The first-order valence-corrected chi connectivity index (χ1v) is 8.83. The van der Waals surface area contributed by atoms with Gasteiger partial charge in [0.25, 0.3) is 0 Å². The van der Waals surface area contributed by atoms with Gasteiger partial charge >= 0.3 is 6.03 Å². The number of hydrogen-bond donors (Lipinski definition) is 2. The van der Waals surface area contributed by atoms with Crippen LogP contribution in [-0.4, -0.2) is 66.8 Å². The Hall–Kier alpha value is -0.810. The highest BCUT2D eigenvalue weighted by Gasteiger charge is 2.28. The molecule has 2 fully saturated rings. The average molecular weight is 311 g/mol. The first-order valence-electron chi connectivity index (χ1n) is 8.83. The van der Waals surface area contributed by atoms with Gasteiger partial charge in [0.2, 0.25) is 0 Å². The summed E-state index contributed by atoms with van der Waals surface area (Å²) in [6.45, 7) is 0.664. The molecule has 4 atom stereocenters. The molecule has 5 heteroatoms. The molecule has 0 aromatic heterocycles. The van der Waals surface area contributed by atoms with E-state index >= 15 is 0 Å². The summed E-state index contributed by atoms with van der Waals surface area (Å²) >= 11 is 0. The lowest BCUT2D eigenvalue weighted by Gasteiger charge is -2.35. The van der Waals surface area contributed by atoms with Crippen LogP contribution in [0.5, 0.6) is 0 Å². The van der Waals surface area contributed by atoms with Crippen LogP contribution in [0.3, 0.4) is 0 Å². The average Bonchev–Trinajstić information content (AvgIpc) is 2.49. The molecule has 2 N–H and O–H groups in total. The molecular weight excluding hydrogens is 278 g/mol. The topological polar surface area (TPSA) is 55.8 Å². The van der Waals surface area contributed by atoms with Gasteiger partial charge in [-0.3, -0.25) is 0 Å². The van der Waals surface area contributed by atoms with Gasteiger partial charge in [-0.1, -0.05) is 12.8 Å². The van der Waals surface area contributed by atoms with Crippen LogP contribution in [0.4, 0.5) is 4.79 Å². The number of carbonyl (C=O) groups is 1. The fourth-order valence-corrected chi connectivity index (χ4v) is 3.88. The minimum atomic E-state index is -0.239. The van der Waals surface area contributed by atoms with Gasteiger partial charge in [0, 0.05) is 31.6 Å². The van der Waals surface area contributed by atoms with E-state index in [1.165, 1.54) is 19.3 Å². The van der Waals surface area contributed by atoms with Crippen LogP contribution in [0.1, 0.15) is 51.4 Å². The van der Waals surface area contributed by atoms with Crippen LogP contribution in [0.2, 0.25) is 0 Å². The van der Waals surface area contributed by atoms with Gasteiger partial charge in [-0.05, 0) is 52.6 Å². The second kappa shape index (κ2) is 8.16. The molecule has 22 heavy (non-hydrogen) atoms. The molecule has 0 radical (unpaired) electrons. The van der Waals surface area contributed by atoms with Gasteiger partial charge in [0.05, 0.1) is 6.10 Å². The standard InChI is InChI=1S/C17H33N3O2/c1-19(2)15-9-6-8-14(11-15)18-17(22)20(3)12-13-7-4-5-10-16(13)21/h13-16,21H,4-12H2,1-3H3,(H,18,22). The van der Waals surface area contributed by atoms with E-state index in [9.17, 15) is 9.90 Å². The summed E-state index contributed by atoms with van der Waals surface area (Å²) in [5.74, 6) is 0.241. The summed E-state index contributed by atoms with van der Waals surface area (Å²) in [4.78, 5) is 16.4. The monoisotopic (exact) mass is 311 g/mol. The smallest absolute Gasteiger partial charge is 0.317 e. The largest absolute Gasteiger partial charge is 0.393 e. The number of urea groups is 1. The third-order valence-corrected chi connectivity index (χ3v) is 5.43. The van der Waals surface area contributed by atoms with Crippen molar-refractivity contribution in [2.75, 3.05) is 27.7 Å². The Kier molecular flexibility index (Phi) is 6.50. The van der Waals surface area contributed by atoms with Crippen molar-refractivity contribution in [2.45, 2.75) is 69.6 Å². The van der Waals surface area contributed by atoms with E-state index in [-0.39, 0.29) is 24.1 Å². The number of nitrogens with zero attached hydrogens (tertiary/aromatic N) is 2. The van der Waals surface area contributed by atoms with Crippen molar-refractivity contribution in [3.05, 3.63) is 0 Å². The van der Waals surface area contributed by atoms with Crippen LogP contribution >= 0.6 is 0 Å². The van der Waals surface area contributed by atoms with Crippen LogP contribution in [0.15, 0.2) is 0 Å². The van der Waals surface area contributed by atoms with E-state index in [1.807, 2.05) is 7.05 Å². The zero-order chi connectivity index (χ0) is 16.1. The van der Waals surface area contributed by atoms with Gasteiger partial charge in [0.15, 0.2) is 0 Å². The van der Waals surface area contributed by atoms with Crippen molar-refractivity contribution in [3.63, 3.8) is 0 Å². The molecule has 4 unspecified atom stereocenters. The number of rotatable bonds is 4. The Labute approximate surface area is 135 Å². The molecule has 128 valence electrons. The Balaban J connectivity index is 1.78. The Bertz CT molecular complexity index is 362. The Morgan fingerprint density at radius 2 is 1.82 bits per heavy atom. The highest BCUT2D eigenvalue weighted by molar-refractivity contribution is 5.74. The molecular formula is C17H33N3O2. The third kappa shape index (κ3) is 4.85. The van der Waals surface area contributed by atoms with E-state index in [4.69, 9.17) is 0 Å². The normalized spacial score (nSPS) is 32.8. The van der Waals surface area contributed by atoms with E-state index in [0.29, 0.717) is 12.6 Å². The summed E-state index contributed by atoms with van der Waals surface area (Å²) in [6.07, 6.45) is 8.48. The number of carbonyl (C=O) groups excluding carboxylic acids is 1. The maximum Gasteiger partial charge on any atom is 0.317 e. The van der Waals surface area contributed by atoms with Crippen LogP contribution in [-0.2, 0) is 0 Å². The third-order valence-electron chi connectivity index (χ3n) is 5.43. The van der Waals surface area contributed by atoms with Crippen LogP contribution in [0, 0.1) is 5.92 Å².